The number of hydrogen-bond acceptors (Lipinski definition) is 5. The summed E-state index contributed by atoms with van der Waals surface area (Å²) in [6.07, 6.45) is -1.07. The first-order valence-corrected chi connectivity index (χ1v) is 9.03. The van der Waals surface area contributed by atoms with Crippen LogP contribution in [0.25, 0.3) is 0 Å². The topological polar surface area (TPSA) is 81.7 Å². The maximum Gasteiger partial charge on any atom is 0.338 e. The van der Waals surface area contributed by atoms with Crippen LogP contribution in [-0.4, -0.2) is 30.9 Å². The number of methoxy groups -OCH3 is 1. The number of ether oxygens (including phenoxy) is 2. The summed E-state index contributed by atoms with van der Waals surface area (Å²) in [6, 6.07) is 9.94. The Kier molecular flexibility index (Phi) is 6.74. The molecule has 0 fully saturated rings. The molecule has 1 N–H and O–H groups in total. The summed E-state index contributed by atoms with van der Waals surface area (Å²) >= 11 is 0. The predicted molar refractivity (Wildman–Crippen MR) is 107 cm³/mol. The first kappa shape index (κ1) is 22.1. The van der Waals surface area contributed by atoms with Gasteiger partial charge in [-0.15, -0.1) is 0 Å². The average molecular weight is 401 g/mol. The highest BCUT2D eigenvalue weighted by Crippen LogP contribution is 2.20. The van der Waals surface area contributed by atoms with Gasteiger partial charge in [0.25, 0.3) is 0 Å². The molecule has 154 valence electrons. The predicted octanol–water partition coefficient (Wildman–Crippen LogP) is 4.25. The van der Waals surface area contributed by atoms with Crippen molar-refractivity contribution in [2.24, 2.45) is 5.41 Å². The van der Waals surface area contributed by atoms with E-state index in [1.165, 1.54) is 38.3 Å². The van der Waals surface area contributed by atoms with Crippen molar-refractivity contribution in [2.75, 3.05) is 12.4 Å². The van der Waals surface area contributed by atoms with Crippen LogP contribution in [0.1, 0.15) is 48.4 Å². The van der Waals surface area contributed by atoms with Crippen LogP contribution in [0.4, 0.5) is 10.1 Å². The Bertz CT molecular complexity index is 916. The molecule has 1 atom stereocenters. The van der Waals surface area contributed by atoms with E-state index in [4.69, 9.17) is 9.47 Å². The van der Waals surface area contributed by atoms with Crippen LogP contribution in [0.3, 0.4) is 0 Å². The molecule has 29 heavy (non-hydrogen) atoms. The highest BCUT2D eigenvalue weighted by atomic mass is 19.1. The van der Waals surface area contributed by atoms with E-state index in [0.717, 1.165) is 6.07 Å². The molecule has 0 spiro atoms. The number of Topliss-reactive ketones (excluding diaryl/α,β-unsaturated/α-hetero) is 1. The minimum Gasteiger partial charge on any atom is -0.494 e. The van der Waals surface area contributed by atoms with Crippen molar-refractivity contribution < 1.29 is 28.2 Å². The molecule has 0 aliphatic carbocycles. The fourth-order valence-corrected chi connectivity index (χ4v) is 2.35. The van der Waals surface area contributed by atoms with E-state index in [2.05, 4.69) is 5.32 Å². The van der Waals surface area contributed by atoms with Crippen molar-refractivity contribution in [1.82, 2.24) is 0 Å². The fraction of sp³-hybridized carbons (Fsp3) is 0.318. The highest BCUT2D eigenvalue weighted by molar-refractivity contribution is 6.02. The third-order valence-electron chi connectivity index (χ3n) is 4.15. The van der Waals surface area contributed by atoms with Crippen LogP contribution in [0, 0.1) is 11.2 Å². The molecule has 0 radical (unpaired) electrons. The third-order valence-corrected chi connectivity index (χ3v) is 4.15. The molecule has 0 bridgehead atoms. The van der Waals surface area contributed by atoms with Gasteiger partial charge >= 0.3 is 5.97 Å². The maximum atomic E-state index is 13.7. The standard InChI is InChI=1S/C22H24FNO5/c1-13(29-20(26)15-8-11-18(28-5)17(23)12-15)19(25)14-6-9-16(10-7-14)24-21(27)22(2,3)4/h6-13H,1-5H3,(H,24,27)/t13-/m1/s1. The molecule has 0 saturated carbocycles. The van der Waals surface area contributed by atoms with Crippen molar-refractivity contribution in [3.8, 4) is 5.75 Å². The smallest absolute Gasteiger partial charge is 0.338 e. The van der Waals surface area contributed by atoms with Crippen molar-refractivity contribution >= 4 is 23.3 Å². The van der Waals surface area contributed by atoms with Crippen LogP contribution in [0.15, 0.2) is 42.5 Å². The number of ketones is 1. The van der Waals surface area contributed by atoms with E-state index >= 15 is 0 Å². The Balaban J connectivity index is 2.03. The zero-order chi connectivity index (χ0) is 21.8. The monoisotopic (exact) mass is 401 g/mol. The molecule has 6 nitrogen and oxygen atoms in total. The van der Waals surface area contributed by atoms with Crippen molar-refractivity contribution in [3.63, 3.8) is 0 Å². The van der Waals surface area contributed by atoms with Gasteiger partial charge in [-0.25, -0.2) is 9.18 Å². The van der Waals surface area contributed by atoms with Gasteiger partial charge in [0.1, 0.15) is 0 Å². The lowest BCUT2D eigenvalue weighted by atomic mass is 9.95. The van der Waals surface area contributed by atoms with Crippen molar-refractivity contribution in [3.05, 3.63) is 59.4 Å². The van der Waals surface area contributed by atoms with Crippen molar-refractivity contribution in [2.45, 2.75) is 33.8 Å². The van der Waals surface area contributed by atoms with E-state index in [-0.39, 0.29) is 17.2 Å². The number of hydrogen-bond donors (Lipinski definition) is 1. The lowest BCUT2D eigenvalue weighted by molar-refractivity contribution is -0.123. The molecule has 0 aliphatic rings. The normalized spacial score (nSPS) is 12.1. The summed E-state index contributed by atoms with van der Waals surface area (Å²) in [5, 5.41) is 2.76. The molecule has 2 aromatic rings. The van der Waals surface area contributed by atoms with Gasteiger partial charge in [0.05, 0.1) is 12.7 Å². The number of anilines is 1. The SMILES string of the molecule is COc1ccc(C(=O)O[C@H](C)C(=O)c2ccc(NC(=O)C(C)(C)C)cc2)cc1F. The molecular weight excluding hydrogens is 377 g/mol. The molecule has 0 unspecified atom stereocenters. The second-order valence-electron chi connectivity index (χ2n) is 7.54. The Hall–Kier alpha value is -3.22. The zero-order valence-electron chi connectivity index (χ0n) is 17.0. The van der Waals surface area contributed by atoms with Gasteiger partial charge in [0.15, 0.2) is 17.7 Å². The molecule has 0 saturated heterocycles. The van der Waals surface area contributed by atoms with Gasteiger partial charge in [-0.1, -0.05) is 20.8 Å². The van der Waals surface area contributed by atoms with Gasteiger partial charge in [0, 0.05) is 16.7 Å². The summed E-state index contributed by atoms with van der Waals surface area (Å²) in [7, 11) is 1.32. The largest absolute Gasteiger partial charge is 0.494 e. The quantitative estimate of drug-likeness (QED) is 0.578. The second-order valence-corrected chi connectivity index (χ2v) is 7.54. The summed E-state index contributed by atoms with van der Waals surface area (Å²) in [5.41, 5.74) is 0.306. The van der Waals surface area contributed by atoms with E-state index in [0.29, 0.717) is 11.3 Å². The molecule has 0 aliphatic heterocycles. The minimum absolute atomic E-state index is 0.00400. The highest BCUT2D eigenvalue weighted by Gasteiger charge is 2.23. The van der Waals surface area contributed by atoms with Crippen LogP contribution in [0.2, 0.25) is 0 Å². The van der Waals surface area contributed by atoms with Crippen LogP contribution in [-0.2, 0) is 9.53 Å². The Morgan fingerprint density at radius 1 is 1.00 bits per heavy atom. The fourth-order valence-electron chi connectivity index (χ4n) is 2.35. The van der Waals surface area contributed by atoms with Gasteiger partial charge in [-0.2, -0.15) is 0 Å². The molecule has 2 aromatic carbocycles. The minimum atomic E-state index is -1.07. The van der Waals surface area contributed by atoms with Crippen LogP contribution in [0.5, 0.6) is 5.75 Å². The zero-order valence-corrected chi connectivity index (χ0v) is 17.0. The third kappa shape index (κ3) is 5.63. The van der Waals surface area contributed by atoms with E-state index in [9.17, 15) is 18.8 Å². The van der Waals surface area contributed by atoms with Gasteiger partial charge in [-0.05, 0) is 49.4 Å². The van der Waals surface area contributed by atoms with Crippen LogP contribution >= 0.6 is 0 Å². The number of esters is 1. The number of carbonyl (C=O) groups is 3. The summed E-state index contributed by atoms with van der Waals surface area (Å²) in [5.74, 6) is -2.08. The summed E-state index contributed by atoms with van der Waals surface area (Å²) in [4.78, 5) is 36.7. The Morgan fingerprint density at radius 2 is 1.59 bits per heavy atom. The maximum absolute atomic E-state index is 13.7. The average Bonchev–Trinajstić information content (AvgIpc) is 2.67. The number of benzene rings is 2. The summed E-state index contributed by atoms with van der Waals surface area (Å²) in [6.45, 7) is 6.83. The van der Waals surface area contributed by atoms with Gasteiger partial charge < -0.3 is 14.8 Å². The number of carbonyl (C=O) groups excluding carboxylic acids is 3. The lowest BCUT2D eigenvalue weighted by Gasteiger charge is -2.18. The number of halogens is 1. The molecular formula is C22H24FNO5. The lowest BCUT2D eigenvalue weighted by Crippen LogP contribution is -2.27. The molecule has 0 heterocycles. The Labute approximate surface area is 169 Å². The van der Waals surface area contributed by atoms with Crippen LogP contribution < -0.4 is 10.1 Å². The Morgan fingerprint density at radius 3 is 2.10 bits per heavy atom. The first-order chi connectivity index (χ1) is 13.5. The second kappa shape index (κ2) is 8.86. The van der Waals surface area contributed by atoms with E-state index in [1.54, 1.807) is 32.9 Å². The number of rotatable bonds is 6. The number of nitrogens with one attached hydrogen (secondary N) is 1. The molecule has 0 aromatic heterocycles. The van der Waals surface area contributed by atoms with Gasteiger partial charge in [0.2, 0.25) is 11.7 Å². The van der Waals surface area contributed by atoms with Crippen molar-refractivity contribution in [1.29, 1.82) is 0 Å². The first-order valence-electron chi connectivity index (χ1n) is 9.03. The summed E-state index contributed by atoms with van der Waals surface area (Å²) < 4.78 is 23.7. The molecule has 2 rings (SSSR count). The molecule has 1 amide bonds. The molecule has 7 heteroatoms. The van der Waals surface area contributed by atoms with E-state index in [1.807, 2.05) is 0 Å². The van der Waals surface area contributed by atoms with E-state index < -0.39 is 29.1 Å². The van der Waals surface area contributed by atoms with Gasteiger partial charge in [-0.3, -0.25) is 9.59 Å². The number of amides is 1.